The van der Waals surface area contributed by atoms with Gasteiger partial charge in [-0.3, -0.25) is 0 Å². The van der Waals surface area contributed by atoms with Crippen LogP contribution < -0.4 is 4.74 Å². The Labute approximate surface area is 77.2 Å². The fourth-order valence-electron chi connectivity index (χ4n) is 1.30. The molecule has 1 nitrogen and oxygen atoms in total. The van der Waals surface area contributed by atoms with Gasteiger partial charge in [0.1, 0.15) is 5.75 Å². The summed E-state index contributed by atoms with van der Waals surface area (Å²) in [6.07, 6.45) is 2.34. The normalized spacial score (nSPS) is 14.2. The Morgan fingerprint density at radius 1 is 1.18 bits per heavy atom. The average molecular weight is 213 g/mol. The van der Waals surface area contributed by atoms with Crippen molar-refractivity contribution in [2.75, 3.05) is 6.61 Å². The number of aryl methyl sites for hydroxylation is 1. The molecule has 1 aromatic carbocycles. The molecule has 0 saturated carbocycles. The van der Waals surface area contributed by atoms with E-state index in [1.54, 1.807) is 0 Å². The number of rotatable bonds is 0. The molecular formula is C9H10OSe. The van der Waals surface area contributed by atoms with Crippen molar-refractivity contribution in [2.45, 2.75) is 12.8 Å². The van der Waals surface area contributed by atoms with Crippen molar-refractivity contribution in [1.82, 2.24) is 0 Å². The van der Waals surface area contributed by atoms with Crippen LogP contribution in [0.2, 0.25) is 0 Å². The first-order valence-corrected chi connectivity index (χ1v) is 3.67. The van der Waals surface area contributed by atoms with E-state index in [4.69, 9.17) is 4.74 Å². The maximum atomic E-state index is 5.42. The Bertz CT molecular complexity index is 210. The van der Waals surface area contributed by atoms with E-state index in [9.17, 15) is 0 Å². The largest absolute Gasteiger partial charge is 0.493 e. The molecule has 1 aliphatic rings. The van der Waals surface area contributed by atoms with Gasteiger partial charge in [0, 0.05) is 17.1 Å². The first-order valence-electron chi connectivity index (χ1n) is 3.67. The minimum absolute atomic E-state index is 0. The molecule has 0 bridgehead atoms. The second-order valence-electron chi connectivity index (χ2n) is 2.56. The van der Waals surface area contributed by atoms with Gasteiger partial charge in [0.15, 0.2) is 0 Å². The van der Waals surface area contributed by atoms with Crippen LogP contribution in [0.5, 0.6) is 5.75 Å². The van der Waals surface area contributed by atoms with Crippen molar-refractivity contribution in [3.05, 3.63) is 29.8 Å². The fourth-order valence-corrected chi connectivity index (χ4v) is 1.30. The summed E-state index contributed by atoms with van der Waals surface area (Å²) in [5.41, 5.74) is 1.36. The molecule has 0 aromatic heterocycles. The van der Waals surface area contributed by atoms with Crippen LogP contribution >= 0.6 is 0 Å². The van der Waals surface area contributed by atoms with Gasteiger partial charge in [0.2, 0.25) is 0 Å². The molecule has 0 spiro atoms. The zero-order valence-electron chi connectivity index (χ0n) is 6.25. The molecule has 0 aliphatic carbocycles. The van der Waals surface area contributed by atoms with E-state index in [2.05, 4.69) is 12.1 Å². The molecule has 58 valence electrons. The third-order valence-electron chi connectivity index (χ3n) is 1.82. The molecule has 0 amide bonds. The Kier molecular flexibility index (Phi) is 2.98. The van der Waals surface area contributed by atoms with Gasteiger partial charge in [-0.1, -0.05) is 18.2 Å². The van der Waals surface area contributed by atoms with Gasteiger partial charge in [-0.2, -0.15) is 0 Å². The first-order chi connectivity index (χ1) is 4.97. The number of ether oxygens (including phenoxy) is 1. The van der Waals surface area contributed by atoms with Gasteiger partial charge in [0.25, 0.3) is 0 Å². The van der Waals surface area contributed by atoms with Gasteiger partial charge < -0.3 is 4.74 Å². The molecular weight excluding hydrogens is 203 g/mol. The van der Waals surface area contributed by atoms with Crippen LogP contribution in [0, 0.1) is 0 Å². The smallest absolute Gasteiger partial charge is 0.122 e. The first kappa shape index (κ1) is 8.63. The maximum absolute atomic E-state index is 5.42. The summed E-state index contributed by atoms with van der Waals surface area (Å²) in [7, 11) is 0. The minimum atomic E-state index is 0. The topological polar surface area (TPSA) is 9.23 Å². The van der Waals surface area contributed by atoms with Crippen molar-refractivity contribution < 1.29 is 4.74 Å². The average Bonchev–Trinajstić information content (AvgIpc) is 2.05. The zero-order chi connectivity index (χ0) is 6.81. The predicted octanol–water partition coefficient (Wildman–Crippen LogP) is 1.63. The fraction of sp³-hybridized carbons (Fsp3) is 0.333. The predicted molar refractivity (Wildman–Crippen MR) is 46.0 cm³/mol. The molecule has 0 atom stereocenters. The van der Waals surface area contributed by atoms with Crippen LogP contribution in [-0.4, -0.2) is 23.7 Å². The van der Waals surface area contributed by atoms with Gasteiger partial charge in [-0.25, -0.2) is 0 Å². The van der Waals surface area contributed by atoms with Crippen LogP contribution in [0.25, 0.3) is 0 Å². The van der Waals surface area contributed by atoms with Crippen molar-refractivity contribution in [1.29, 1.82) is 0 Å². The molecule has 11 heavy (non-hydrogen) atoms. The Morgan fingerprint density at radius 3 is 2.82 bits per heavy atom. The molecule has 2 rings (SSSR count). The second kappa shape index (κ2) is 3.79. The van der Waals surface area contributed by atoms with E-state index in [1.807, 2.05) is 12.1 Å². The summed E-state index contributed by atoms with van der Waals surface area (Å²) in [4.78, 5) is 0. The van der Waals surface area contributed by atoms with Crippen molar-refractivity contribution in [3.63, 3.8) is 0 Å². The van der Waals surface area contributed by atoms with Gasteiger partial charge in [0.05, 0.1) is 6.61 Å². The quantitative estimate of drug-likeness (QED) is 0.595. The van der Waals surface area contributed by atoms with Crippen LogP contribution in [-0.2, 0) is 6.42 Å². The number of hydrogen-bond acceptors (Lipinski definition) is 1. The second-order valence-corrected chi connectivity index (χ2v) is 2.56. The molecule has 2 radical (unpaired) electrons. The molecule has 0 unspecified atom stereocenters. The van der Waals surface area contributed by atoms with Crippen LogP contribution in [0.4, 0.5) is 0 Å². The molecule has 1 aromatic rings. The van der Waals surface area contributed by atoms with E-state index in [-0.39, 0.29) is 17.1 Å². The standard InChI is InChI=1S/C9H10O.Se/c1-2-6-9-8(4-1)5-3-7-10-9;/h1-2,4,6H,3,5,7H2;. The summed E-state index contributed by atoms with van der Waals surface area (Å²) in [5.74, 6) is 1.08. The minimum Gasteiger partial charge on any atom is -0.493 e. The van der Waals surface area contributed by atoms with E-state index in [1.165, 1.54) is 12.0 Å². The Morgan fingerprint density at radius 2 is 2.00 bits per heavy atom. The molecule has 0 saturated heterocycles. The third-order valence-corrected chi connectivity index (χ3v) is 1.82. The summed E-state index contributed by atoms with van der Waals surface area (Å²) >= 11 is 0. The monoisotopic (exact) mass is 214 g/mol. The van der Waals surface area contributed by atoms with Crippen molar-refractivity contribution >= 4 is 17.1 Å². The number of benzene rings is 1. The zero-order valence-corrected chi connectivity index (χ0v) is 7.96. The van der Waals surface area contributed by atoms with Crippen LogP contribution in [0.15, 0.2) is 24.3 Å². The summed E-state index contributed by atoms with van der Waals surface area (Å²) < 4.78 is 5.42. The molecule has 0 fully saturated rings. The van der Waals surface area contributed by atoms with E-state index in [0.717, 1.165) is 18.8 Å². The van der Waals surface area contributed by atoms with Crippen LogP contribution in [0.1, 0.15) is 12.0 Å². The van der Waals surface area contributed by atoms with Crippen LogP contribution in [0.3, 0.4) is 0 Å². The number of fused-ring (bicyclic) bond motifs is 1. The van der Waals surface area contributed by atoms with E-state index < -0.39 is 0 Å². The summed E-state index contributed by atoms with van der Waals surface area (Å²) in [6.45, 7) is 0.886. The molecule has 1 heterocycles. The molecule has 1 aliphatic heterocycles. The maximum Gasteiger partial charge on any atom is 0.122 e. The van der Waals surface area contributed by atoms with E-state index in [0.29, 0.717) is 0 Å². The van der Waals surface area contributed by atoms with Gasteiger partial charge >= 0.3 is 0 Å². The molecule has 2 heteroatoms. The van der Waals surface area contributed by atoms with Gasteiger partial charge in [-0.05, 0) is 24.5 Å². The summed E-state index contributed by atoms with van der Waals surface area (Å²) in [5, 5.41) is 0. The number of hydrogen-bond donors (Lipinski definition) is 0. The van der Waals surface area contributed by atoms with Crippen molar-refractivity contribution in [2.24, 2.45) is 0 Å². The van der Waals surface area contributed by atoms with Crippen molar-refractivity contribution in [3.8, 4) is 5.75 Å². The summed E-state index contributed by atoms with van der Waals surface area (Å²) in [6, 6.07) is 8.25. The number of para-hydroxylation sites is 1. The molecule has 0 N–H and O–H groups in total. The van der Waals surface area contributed by atoms with E-state index >= 15 is 0 Å². The SMILES string of the molecule is [Se].c1ccc2c(c1)CCCO2. The third kappa shape index (κ3) is 1.76. The Hall–Kier alpha value is -0.461. The van der Waals surface area contributed by atoms with Gasteiger partial charge in [-0.15, -0.1) is 0 Å². The Balaban J connectivity index is 0.000000605.